The number of halogens is 1. The third-order valence-corrected chi connectivity index (χ3v) is 7.62. The van der Waals surface area contributed by atoms with Gasteiger partial charge in [-0.25, -0.2) is 14.4 Å². The number of nitrogens with zero attached hydrogens (tertiary/aromatic N) is 6. The fraction of sp³-hybridized carbons (Fsp3) is 0.200. The number of hydrogen-bond acceptors (Lipinski definition) is 7. The summed E-state index contributed by atoms with van der Waals surface area (Å²) >= 11 is 0. The van der Waals surface area contributed by atoms with Crippen molar-refractivity contribution in [2.75, 3.05) is 25.5 Å². The number of aromatic nitrogens is 7. The van der Waals surface area contributed by atoms with Crippen molar-refractivity contribution in [3.63, 3.8) is 0 Å². The van der Waals surface area contributed by atoms with Crippen molar-refractivity contribution in [3.05, 3.63) is 73.2 Å². The number of anilines is 1. The molecule has 7 rings (SSSR count). The molecule has 3 N–H and O–H groups in total. The Morgan fingerprint density at radius 2 is 1.76 bits per heavy atom. The third-order valence-electron chi connectivity index (χ3n) is 7.62. The van der Waals surface area contributed by atoms with Gasteiger partial charge >= 0.3 is 0 Å². The van der Waals surface area contributed by atoms with Crippen LogP contribution >= 0.6 is 0 Å². The van der Waals surface area contributed by atoms with E-state index < -0.39 is 0 Å². The number of piperidine rings is 1. The highest BCUT2D eigenvalue weighted by Crippen LogP contribution is 2.32. The smallest absolute Gasteiger partial charge is 0.227 e. The van der Waals surface area contributed by atoms with E-state index in [1.165, 1.54) is 12.1 Å². The van der Waals surface area contributed by atoms with E-state index in [1.807, 2.05) is 12.1 Å². The van der Waals surface area contributed by atoms with Crippen molar-refractivity contribution < 1.29 is 9.18 Å². The largest absolute Gasteiger partial charge is 0.335 e. The van der Waals surface area contributed by atoms with Crippen molar-refractivity contribution in [2.45, 2.75) is 12.8 Å². The van der Waals surface area contributed by atoms with Crippen LogP contribution in [-0.2, 0) is 4.79 Å². The van der Waals surface area contributed by atoms with E-state index in [9.17, 15) is 9.18 Å². The molecule has 1 aliphatic heterocycles. The molecule has 5 aromatic heterocycles. The van der Waals surface area contributed by atoms with Crippen molar-refractivity contribution in [2.24, 2.45) is 5.92 Å². The Bertz CT molecular complexity index is 1890. The number of aromatic amines is 2. The van der Waals surface area contributed by atoms with Crippen LogP contribution in [0.1, 0.15) is 12.8 Å². The van der Waals surface area contributed by atoms with Crippen molar-refractivity contribution in [1.29, 1.82) is 0 Å². The van der Waals surface area contributed by atoms with Crippen molar-refractivity contribution in [3.8, 4) is 33.8 Å². The van der Waals surface area contributed by atoms with E-state index >= 15 is 0 Å². The maximum Gasteiger partial charge on any atom is 0.227 e. The van der Waals surface area contributed by atoms with Gasteiger partial charge in [0.05, 0.1) is 34.5 Å². The predicted octanol–water partition coefficient (Wildman–Crippen LogP) is 5.04. The van der Waals surface area contributed by atoms with Gasteiger partial charge in [-0.15, -0.1) is 0 Å². The standard InChI is InChI=1S/C30H26FN9O/c1-40-8-6-18(7-9-40)30(41)35-22-10-19(12-32-14-22)20-11-23-27(38-39-28(23)34-13-20)29-36-25-16-33-15-24(26(25)37-29)17-2-4-21(31)5-3-17/h2-5,10-16,18H,6-9H2,1H3,(H,35,41)(H,36,37)(H,34,38,39). The first kappa shape index (κ1) is 25.0. The number of carbonyl (C=O) groups excluding carboxylic acids is 1. The minimum absolute atomic E-state index is 0.00365. The second-order valence-electron chi connectivity index (χ2n) is 10.4. The minimum atomic E-state index is -0.302. The molecule has 0 unspecified atom stereocenters. The van der Waals surface area contributed by atoms with Crippen molar-refractivity contribution in [1.82, 2.24) is 40.0 Å². The maximum atomic E-state index is 13.5. The molecule has 0 radical (unpaired) electrons. The molecule has 0 aliphatic carbocycles. The molecule has 0 saturated carbocycles. The highest BCUT2D eigenvalue weighted by molar-refractivity contribution is 5.97. The topological polar surface area (TPSA) is 128 Å². The number of H-pyrrole nitrogens is 2. The van der Waals surface area contributed by atoms with Gasteiger partial charge in [-0.1, -0.05) is 12.1 Å². The second kappa shape index (κ2) is 10.2. The normalized spacial score (nSPS) is 14.6. The van der Waals surface area contributed by atoms with Crippen LogP contribution in [0.5, 0.6) is 0 Å². The molecule has 11 heteroatoms. The van der Waals surface area contributed by atoms with E-state index in [0.717, 1.165) is 59.1 Å². The number of fused-ring (bicyclic) bond motifs is 2. The van der Waals surface area contributed by atoms with Crippen LogP contribution in [0, 0.1) is 11.7 Å². The Kier molecular flexibility index (Phi) is 6.20. The Hall–Kier alpha value is -5.03. The summed E-state index contributed by atoms with van der Waals surface area (Å²) in [6.07, 6.45) is 10.3. The number of hydrogen-bond donors (Lipinski definition) is 3. The lowest BCUT2D eigenvalue weighted by Crippen LogP contribution is -2.35. The summed E-state index contributed by atoms with van der Waals surface area (Å²) in [4.78, 5) is 36.5. The summed E-state index contributed by atoms with van der Waals surface area (Å²) in [5, 5.41) is 11.3. The lowest BCUT2D eigenvalue weighted by atomic mass is 9.96. The van der Waals surface area contributed by atoms with Gasteiger partial charge in [-0.3, -0.25) is 19.9 Å². The molecule has 6 aromatic rings. The maximum absolute atomic E-state index is 13.5. The molecule has 1 amide bonds. The zero-order valence-corrected chi connectivity index (χ0v) is 22.2. The molecule has 0 spiro atoms. The quantitative estimate of drug-likeness (QED) is 0.276. The summed E-state index contributed by atoms with van der Waals surface area (Å²) in [7, 11) is 2.08. The summed E-state index contributed by atoms with van der Waals surface area (Å²) in [5.41, 5.74) is 6.58. The van der Waals surface area contributed by atoms with Crippen LogP contribution in [0.3, 0.4) is 0 Å². The van der Waals surface area contributed by atoms with Crippen LogP contribution in [0.2, 0.25) is 0 Å². The van der Waals surface area contributed by atoms with E-state index in [0.29, 0.717) is 28.4 Å². The molecule has 0 atom stereocenters. The molecule has 1 aromatic carbocycles. The van der Waals surface area contributed by atoms with E-state index in [2.05, 4.69) is 47.4 Å². The molecule has 1 fully saturated rings. The van der Waals surface area contributed by atoms with Gasteiger partial charge < -0.3 is 15.2 Å². The van der Waals surface area contributed by atoms with Crippen LogP contribution in [-0.4, -0.2) is 66.1 Å². The van der Waals surface area contributed by atoms with E-state index in [-0.39, 0.29) is 17.6 Å². The average molecular weight is 548 g/mol. The zero-order chi connectivity index (χ0) is 27.9. The molecule has 6 heterocycles. The summed E-state index contributed by atoms with van der Waals surface area (Å²) in [5.74, 6) is 0.311. The number of imidazole rings is 1. The summed E-state index contributed by atoms with van der Waals surface area (Å²) < 4.78 is 13.5. The van der Waals surface area contributed by atoms with Crippen molar-refractivity contribution >= 4 is 33.7 Å². The molecule has 1 aliphatic rings. The van der Waals surface area contributed by atoms with Gasteiger partial charge in [-0.05, 0) is 62.8 Å². The third kappa shape index (κ3) is 4.80. The SMILES string of the molecule is CN1CCC(C(=O)Nc2cncc(-c3cnc4n[nH]c(-c5nc6c(-c7ccc(F)cc7)cncc6[nH]5)c4c3)c2)CC1. The first-order chi connectivity index (χ1) is 20.0. The predicted molar refractivity (Wildman–Crippen MR) is 154 cm³/mol. The molecule has 1 saturated heterocycles. The van der Waals surface area contributed by atoms with Crippen LogP contribution in [0.4, 0.5) is 10.1 Å². The fourth-order valence-corrected chi connectivity index (χ4v) is 5.31. The van der Waals surface area contributed by atoms with E-state index in [1.54, 1.807) is 43.1 Å². The number of pyridine rings is 3. The molecule has 204 valence electrons. The van der Waals surface area contributed by atoms with Crippen LogP contribution < -0.4 is 5.32 Å². The number of benzene rings is 1. The minimum Gasteiger partial charge on any atom is -0.335 e. The van der Waals surface area contributed by atoms with Gasteiger partial charge in [-0.2, -0.15) is 5.10 Å². The number of likely N-dealkylation sites (tertiary alicyclic amines) is 1. The highest BCUT2D eigenvalue weighted by Gasteiger charge is 2.23. The van der Waals surface area contributed by atoms with Gasteiger partial charge in [0, 0.05) is 41.2 Å². The first-order valence-corrected chi connectivity index (χ1v) is 13.4. The van der Waals surface area contributed by atoms with Gasteiger partial charge in [0.25, 0.3) is 0 Å². The zero-order valence-electron chi connectivity index (χ0n) is 22.2. The fourth-order valence-electron chi connectivity index (χ4n) is 5.31. The Morgan fingerprint density at radius 1 is 0.976 bits per heavy atom. The second-order valence-corrected chi connectivity index (χ2v) is 10.4. The number of amides is 1. The Labute approximate surface area is 234 Å². The lowest BCUT2D eigenvalue weighted by Gasteiger charge is -2.28. The molecule has 41 heavy (non-hydrogen) atoms. The lowest BCUT2D eigenvalue weighted by molar-refractivity contribution is -0.121. The molecule has 10 nitrogen and oxygen atoms in total. The first-order valence-electron chi connectivity index (χ1n) is 13.4. The average Bonchev–Trinajstić information content (AvgIpc) is 3.62. The summed E-state index contributed by atoms with van der Waals surface area (Å²) in [6.45, 7) is 1.84. The molecular weight excluding hydrogens is 521 g/mol. The van der Waals surface area contributed by atoms with Gasteiger partial charge in [0.15, 0.2) is 11.5 Å². The summed E-state index contributed by atoms with van der Waals surface area (Å²) in [6, 6.07) is 10.1. The van der Waals surface area contributed by atoms with E-state index in [4.69, 9.17) is 4.98 Å². The van der Waals surface area contributed by atoms with Crippen LogP contribution in [0.15, 0.2) is 67.4 Å². The van der Waals surface area contributed by atoms with Gasteiger partial charge in [0.1, 0.15) is 11.5 Å². The monoisotopic (exact) mass is 547 g/mol. The highest BCUT2D eigenvalue weighted by atomic mass is 19.1. The number of nitrogens with one attached hydrogen (secondary N) is 3. The molecular formula is C30H26FN9O. The number of rotatable bonds is 5. The Morgan fingerprint density at radius 3 is 2.59 bits per heavy atom. The van der Waals surface area contributed by atoms with Gasteiger partial charge in [0.2, 0.25) is 5.91 Å². The number of carbonyl (C=O) groups is 1. The molecule has 0 bridgehead atoms. The Balaban J connectivity index is 1.20. The van der Waals surface area contributed by atoms with Crippen LogP contribution in [0.25, 0.3) is 55.8 Å².